The second-order valence-corrected chi connectivity index (χ2v) is 5.30. The minimum absolute atomic E-state index is 0.0956. The second-order valence-electron chi connectivity index (χ2n) is 5.30. The number of hydrogen-bond donors (Lipinski definition) is 0. The van der Waals surface area contributed by atoms with Crippen molar-refractivity contribution in [2.45, 2.75) is 34.1 Å². The van der Waals surface area contributed by atoms with Crippen molar-refractivity contribution in [1.82, 2.24) is 0 Å². The van der Waals surface area contributed by atoms with E-state index in [-0.39, 0.29) is 29.7 Å². The largest absolute Gasteiger partial charge is 0.393 e. The Kier molecular flexibility index (Phi) is 2.94. The number of cyclic esters (lactones) is 2. The molecule has 0 bridgehead atoms. The highest BCUT2D eigenvalue weighted by Gasteiger charge is 2.49. The molecule has 1 heterocycles. The van der Waals surface area contributed by atoms with Gasteiger partial charge in [0, 0.05) is 0 Å². The van der Waals surface area contributed by atoms with Gasteiger partial charge in [0.1, 0.15) is 0 Å². The Morgan fingerprint density at radius 1 is 1.29 bits per heavy atom. The van der Waals surface area contributed by atoms with E-state index in [1.165, 1.54) is 16.7 Å². The highest BCUT2D eigenvalue weighted by Crippen LogP contribution is 2.43. The van der Waals surface area contributed by atoms with Crippen LogP contribution in [0.1, 0.15) is 34.1 Å². The van der Waals surface area contributed by atoms with Crippen LogP contribution < -0.4 is 0 Å². The summed E-state index contributed by atoms with van der Waals surface area (Å²) >= 11 is 0. The molecule has 2 rings (SSSR count). The van der Waals surface area contributed by atoms with Crippen molar-refractivity contribution in [3.63, 3.8) is 0 Å². The number of fused-ring (bicyclic) bond motifs is 1. The quantitative estimate of drug-likeness (QED) is 0.517. The molecule has 3 atom stereocenters. The first-order valence-electron chi connectivity index (χ1n) is 6.02. The number of carbonyl (C=O) groups is 2. The standard InChI is InChI=1S/C14H18O3/c1-7(2)5-10-6-11-12(9(4)8(10)3)14(16)17-13(11)15/h5,9,11-12H,6H2,1-4H3/t9-,11-,12+/m0/s1. The van der Waals surface area contributed by atoms with Gasteiger partial charge in [0.05, 0.1) is 11.8 Å². The third kappa shape index (κ3) is 1.94. The van der Waals surface area contributed by atoms with Gasteiger partial charge in [-0.05, 0) is 38.7 Å². The summed E-state index contributed by atoms with van der Waals surface area (Å²) in [6, 6.07) is 0. The summed E-state index contributed by atoms with van der Waals surface area (Å²) in [5.41, 5.74) is 3.60. The number of hydrogen-bond acceptors (Lipinski definition) is 3. The zero-order valence-corrected chi connectivity index (χ0v) is 10.7. The first-order valence-corrected chi connectivity index (χ1v) is 6.02. The number of ether oxygens (including phenoxy) is 1. The summed E-state index contributed by atoms with van der Waals surface area (Å²) in [6.07, 6.45) is 2.74. The Morgan fingerprint density at radius 2 is 1.94 bits per heavy atom. The molecule has 0 spiro atoms. The normalized spacial score (nSPS) is 32.4. The lowest BCUT2D eigenvalue weighted by Gasteiger charge is -2.29. The third-order valence-corrected chi connectivity index (χ3v) is 3.84. The molecule has 0 amide bonds. The van der Waals surface area contributed by atoms with Crippen molar-refractivity contribution in [2.24, 2.45) is 17.8 Å². The average molecular weight is 234 g/mol. The molecule has 92 valence electrons. The molecule has 0 N–H and O–H groups in total. The van der Waals surface area contributed by atoms with Crippen molar-refractivity contribution >= 4 is 11.9 Å². The molecule has 0 saturated carbocycles. The number of rotatable bonds is 1. The van der Waals surface area contributed by atoms with Crippen LogP contribution in [0.5, 0.6) is 0 Å². The fraction of sp³-hybridized carbons (Fsp3) is 0.571. The minimum atomic E-state index is -0.348. The van der Waals surface area contributed by atoms with Crippen LogP contribution in [0.4, 0.5) is 0 Å². The molecule has 0 aromatic heterocycles. The van der Waals surface area contributed by atoms with E-state index in [1.54, 1.807) is 0 Å². The summed E-state index contributed by atoms with van der Waals surface area (Å²) in [4.78, 5) is 23.2. The van der Waals surface area contributed by atoms with Gasteiger partial charge in [0.25, 0.3) is 0 Å². The highest BCUT2D eigenvalue weighted by atomic mass is 16.6. The van der Waals surface area contributed by atoms with Crippen LogP contribution in [-0.4, -0.2) is 11.9 Å². The summed E-state index contributed by atoms with van der Waals surface area (Å²) in [6.45, 7) is 8.13. The van der Waals surface area contributed by atoms with Gasteiger partial charge in [-0.1, -0.05) is 24.1 Å². The van der Waals surface area contributed by atoms with Gasteiger partial charge in [-0.25, -0.2) is 0 Å². The van der Waals surface area contributed by atoms with E-state index in [0.29, 0.717) is 6.42 Å². The van der Waals surface area contributed by atoms with E-state index in [4.69, 9.17) is 4.74 Å². The van der Waals surface area contributed by atoms with Gasteiger partial charge in [-0.2, -0.15) is 0 Å². The van der Waals surface area contributed by atoms with Crippen LogP contribution in [-0.2, 0) is 14.3 Å². The maximum Gasteiger partial charge on any atom is 0.318 e. The molecule has 3 heteroatoms. The smallest absolute Gasteiger partial charge is 0.318 e. The highest BCUT2D eigenvalue weighted by molar-refractivity contribution is 5.97. The van der Waals surface area contributed by atoms with Gasteiger partial charge in [-0.15, -0.1) is 0 Å². The maximum atomic E-state index is 11.6. The van der Waals surface area contributed by atoms with Crippen molar-refractivity contribution in [1.29, 1.82) is 0 Å². The van der Waals surface area contributed by atoms with Gasteiger partial charge in [-0.3, -0.25) is 9.59 Å². The molecule has 0 radical (unpaired) electrons. The van der Waals surface area contributed by atoms with E-state index in [9.17, 15) is 9.59 Å². The molecule has 1 saturated heterocycles. The predicted octanol–water partition coefficient (Wildman–Crippen LogP) is 2.62. The van der Waals surface area contributed by atoms with Crippen molar-refractivity contribution in [3.05, 3.63) is 22.8 Å². The van der Waals surface area contributed by atoms with Gasteiger partial charge < -0.3 is 4.74 Å². The van der Waals surface area contributed by atoms with Crippen LogP contribution in [0.2, 0.25) is 0 Å². The van der Waals surface area contributed by atoms with Crippen LogP contribution in [0.15, 0.2) is 22.8 Å². The second kappa shape index (κ2) is 4.13. The Bertz CT molecular complexity index is 438. The minimum Gasteiger partial charge on any atom is -0.393 e. The van der Waals surface area contributed by atoms with Crippen LogP contribution in [0, 0.1) is 17.8 Å². The first-order chi connectivity index (χ1) is 7.91. The molecule has 1 aliphatic heterocycles. The van der Waals surface area contributed by atoms with E-state index in [2.05, 4.69) is 6.08 Å². The van der Waals surface area contributed by atoms with Crippen molar-refractivity contribution in [3.8, 4) is 0 Å². The summed E-state index contributed by atoms with van der Waals surface area (Å²) in [5.74, 6) is -1.14. The van der Waals surface area contributed by atoms with Crippen LogP contribution in [0.3, 0.4) is 0 Å². The average Bonchev–Trinajstić information content (AvgIpc) is 2.49. The molecular weight excluding hydrogens is 216 g/mol. The fourth-order valence-corrected chi connectivity index (χ4v) is 2.80. The lowest BCUT2D eigenvalue weighted by molar-refractivity contribution is -0.154. The topological polar surface area (TPSA) is 43.4 Å². The number of allylic oxidation sites excluding steroid dienone is 4. The SMILES string of the molecule is CC(C)=CC1=C(C)[C@H](C)[C@H]2C(=O)OC(=O)[C@H]2C1. The van der Waals surface area contributed by atoms with Crippen molar-refractivity contribution in [2.75, 3.05) is 0 Å². The van der Waals surface area contributed by atoms with E-state index >= 15 is 0 Å². The van der Waals surface area contributed by atoms with Gasteiger partial charge >= 0.3 is 11.9 Å². The Hall–Kier alpha value is -1.38. The molecule has 0 unspecified atom stereocenters. The van der Waals surface area contributed by atoms with E-state index in [1.807, 2.05) is 27.7 Å². The molecular formula is C14H18O3. The van der Waals surface area contributed by atoms with Crippen molar-refractivity contribution < 1.29 is 14.3 Å². The molecule has 0 aromatic rings. The Balaban J connectivity index is 2.40. The number of carbonyl (C=O) groups excluding carboxylic acids is 2. The summed E-state index contributed by atoms with van der Waals surface area (Å²) in [5, 5.41) is 0. The first kappa shape index (κ1) is 12.1. The molecule has 1 aliphatic carbocycles. The molecule has 3 nitrogen and oxygen atoms in total. The zero-order valence-electron chi connectivity index (χ0n) is 10.7. The Morgan fingerprint density at radius 3 is 2.53 bits per heavy atom. The monoisotopic (exact) mass is 234 g/mol. The third-order valence-electron chi connectivity index (χ3n) is 3.84. The van der Waals surface area contributed by atoms with Gasteiger partial charge in [0.15, 0.2) is 0 Å². The fourth-order valence-electron chi connectivity index (χ4n) is 2.80. The van der Waals surface area contributed by atoms with Crippen LogP contribution in [0.25, 0.3) is 0 Å². The summed E-state index contributed by atoms with van der Waals surface area (Å²) < 4.78 is 4.76. The van der Waals surface area contributed by atoms with Gasteiger partial charge in [0.2, 0.25) is 0 Å². The molecule has 2 aliphatic rings. The summed E-state index contributed by atoms with van der Waals surface area (Å²) in [7, 11) is 0. The maximum absolute atomic E-state index is 11.6. The zero-order chi connectivity index (χ0) is 12.7. The van der Waals surface area contributed by atoms with Crippen LogP contribution >= 0.6 is 0 Å². The lowest BCUT2D eigenvalue weighted by Crippen LogP contribution is -2.30. The van der Waals surface area contributed by atoms with E-state index in [0.717, 1.165) is 0 Å². The molecule has 17 heavy (non-hydrogen) atoms. The molecule has 0 aromatic carbocycles. The number of esters is 2. The lowest BCUT2D eigenvalue weighted by atomic mass is 9.71. The Labute approximate surface area is 102 Å². The van der Waals surface area contributed by atoms with E-state index < -0.39 is 0 Å². The molecule has 1 fully saturated rings. The predicted molar refractivity (Wildman–Crippen MR) is 64.0 cm³/mol.